The summed E-state index contributed by atoms with van der Waals surface area (Å²) < 4.78 is 0. The first-order valence-corrected chi connectivity index (χ1v) is 6.21. The minimum Gasteiger partial charge on any atom is -0.386 e. The molecule has 94 valence electrons. The molecule has 1 fully saturated rings. The maximum absolute atomic E-state index is 10.2. The first-order chi connectivity index (χ1) is 7.92. The Morgan fingerprint density at radius 2 is 1.88 bits per heavy atom. The Balaban J connectivity index is 2.09. The van der Waals surface area contributed by atoms with Crippen molar-refractivity contribution in [1.82, 2.24) is 9.97 Å². The summed E-state index contributed by atoms with van der Waals surface area (Å²) >= 11 is 0. The highest BCUT2D eigenvalue weighted by atomic mass is 16.3. The topological polar surface area (TPSA) is 49.2 Å². The molecule has 1 N–H and O–H groups in total. The number of nitrogens with zero attached hydrogens (tertiary/aromatic N) is 3. The third-order valence-electron chi connectivity index (χ3n) is 3.59. The van der Waals surface area contributed by atoms with Crippen LogP contribution in [0.1, 0.15) is 39.3 Å². The van der Waals surface area contributed by atoms with Crippen molar-refractivity contribution in [1.29, 1.82) is 0 Å². The largest absolute Gasteiger partial charge is 0.386 e. The molecule has 1 aromatic rings. The van der Waals surface area contributed by atoms with E-state index in [4.69, 9.17) is 0 Å². The van der Waals surface area contributed by atoms with E-state index in [0.717, 1.165) is 11.5 Å². The average Bonchev–Trinajstić information content (AvgIpc) is 2.24. The van der Waals surface area contributed by atoms with Crippen LogP contribution in [0.15, 0.2) is 12.4 Å². The van der Waals surface area contributed by atoms with Gasteiger partial charge in [-0.05, 0) is 11.8 Å². The maximum Gasteiger partial charge on any atom is 0.132 e. The van der Waals surface area contributed by atoms with Crippen LogP contribution in [-0.2, 0) is 0 Å². The van der Waals surface area contributed by atoms with Crippen LogP contribution in [-0.4, -0.2) is 33.8 Å². The van der Waals surface area contributed by atoms with Gasteiger partial charge in [-0.15, -0.1) is 0 Å². The van der Waals surface area contributed by atoms with E-state index in [0.29, 0.717) is 19.0 Å². The standard InChI is InChI=1S/C13H21N3O/c1-9(2)11-5-12(15-8-14-11)16-6-13(17,7-16)10(3)4/h5,8-10,17H,6-7H2,1-4H3. The Morgan fingerprint density at radius 1 is 1.24 bits per heavy atom. The molecule has 0 spiro atoms. The van der Waals surface area contributed by atoms with Gasteiger partial charge >= 0.3 is 0 Å². The molecule has 1 saturated heterocycles. The van der Waals surface area contributed by atoms with Gasteiger partial charge in [0.2, 0.25) is 0 Å². The van der Waals surface area contributed by atoms with Crippen molar-refractivity contribution in [3.8, 4) is 0 Å². The highest BCUT2D eigenvalue weighted by Gasteiger charge is 2.44. The highest BCUT2D eigenvalue weighted by molar-refractivity contribution is 5.44. The summed E-state index contributed by atoms with van der Waals surface area (Å²) in [4.78, 5) is 10.6. The normalized spacial score (nSPS) is 18.6. The summed E-state index contributed by atoms with van der Waals surface area (Å²) in [6, 6.07) is 2.02. The van der Waals surface area contributed by atoms with Gasteiger partial charge in [0, 0.05) is 11.8 Å². The fourth-order valence-corrected chi connectivity index (χ4v) is 1.99. The number of aromatic nitrogens is 2. The summed E-state index contributed by atoms with van der Waals surface area (Å²) in [5.41, 5.74) is 0.498. The second kappa shape index (κ2) is 4.26. The molecule has 0 saturated carbocycles. The summed E-state index contributed by atoms with van der Waals surface area (Å²) in [7, 11) is 0. The molecule has 2 rings (SSSR count). The van der Waals surface area contributed by atoms with E-state index in [9.17, 15) is 5.11 Å². The smallest absolute Gasteiger partial charge is 0.132 e. The van der Waals surface area contributed by atoms with Crippen molar-refractivity contribution in [3.05, 3.63) is 18.1 Å². The van der Waals surface area contributed by atoms with Crippen LogP contribution in [0, 0.1) is 5.92 Å². The molecule has 0 atom stereocenters. The van der Waals surface area contributed by atoms with E-state index in [1.54, 1.807) is 6.33 Å². The van der Waals surface area contributed by atoms with E-state index in [2.05, 4.69) is 42.6 Å². The molecule has 0 unspecified atom stereocenters. The van der Waals surface area contributed by atoms with Gasteiger partial charge in [0.25, 0.3) is 0 Å². The Hall–Kier alpha value is -1.16. The monoisotopic (exact) mass is 235 g/mol. The average molecular weight is 235 g/mol. The first kappa shape index (κ1) is 12.3. The van der Waals surface area contributed by atoms with E-state index in [1.165, 1.54) is 0 Å². The highest BCUT2D eigenvalue weighted by Crippen LogP contribution is 2.32. The predicted octanol–water partition coefficient (Wildman–Crippen LogP) is 1.81. The molecule has 4 heteroatoms. The first-order valence-electron chi connectivity index (χ1n) is 6.21. The molecule has 0 aromatic carbocycles. The fourth-order valence-electron chi connectivity index (χ4n) is 1.99. The van der Waals surface area contributed by atoms with Crippen LogP contribution in [0.25, 0.3) is 0 Å². The Bertz CT molecular complexity index is 397. The number of hydrogen-bond acceptors (Lipinski definition) is 4. The van der Waals surface area contributed by atoms with E-state index >= 15 is 0 Å². The van der Waals surface area contributed by atoms with Crippen molar-refractivity contribution in [2.24, 2.45) is 5.92 Å². The molecular weight excluding hydrogens is 214 g/mol. The predicted molar refractivity (Wildman–Crippen MR) is 68.1 cm³/mol. The number of rotatable bonds is 3. The molecule has 0 radical (unpaired) electrons. The molecule has 1 aliphatic heterocycles. The SMILES string of the molecule is CC(C)c1cc(N2CC(O)(C(C)C)C2)ncn1. The van der Waals surface area contributed by atoms with Crippen LogP contribution in [0.4, 0.5) is 5.82 Å². The Kier molecular flexibility index (Phi) is 3.08. The minimum absolute atomic E-state index is 0.283. The molecule has 1 aromatic heterocycles. The van der Waals surface area contributed by atoms with Crippen molar-refractivity contribution in [2.75, 3.05) is 18.0 Å². The molecule has 0 amide bonds. The zero-order chi connectivity index (χ0) is 12.6. The van der Waals surface area contributed by atoms with E-state index < -0.39 is 5.60 Å². The summed E-state index contributed by atoms with van der Waals surface area (Å²) in [5, 5.41) is 10.2. The lowest BCUT2D eigenvalue weighted by Gasteiger charge is -2.49. The van der Waals surface area contributed by atoms with Crippen molar-refractivity contribution in [2.45, 2.75) is 39.2 Å². The molecular formula is C13H21N3O. The third kappa shape index (κ3) is 2.27. The molecule has 2 heterocycles. The van der Waals surface area contributed by atoms with Gasteiger partial charge in [0.05, 0.1) is 13.1 Å². The lowest BCUT2D eigenvalue weighted by atomic mass is 9.83. The Labute approximate surface area is 103 Å². The second-order valence-electron chi connectivity index (χ2n) is 5.57. The van der Waals surface area contributed by atoms with Gasteiger partial charge in [-0.2, -0.15) is 0 Å². The van der Waals surface area contributed by atoms with Crippen molar-refractivity contribution < 1.29 is 5.11 Å². The quantitative estimate of drug-likeness (QED) is 0.868. The molecule has 0 bridgehead atoms. The third-order valence-corrected chi connectivity index (χ3v) is 3.59. The molecule has 17 heavy (non-hydrogen) atoms. The molecule has 4 nitrogen and oxygen atoms in total. The van der Waals surface area contributed by atoms with Gasteiger partial charge in [-0.25, -0.2) is 9.97 Å². The fraction of sp³-hybridized carbons (Fsp3) is 0.692. The van der Waals surface area contributed by atoms with Gasteiger partial charge in [-0.3, -0.25) is 0 Å². The van der Waals surface area contributed by atoms with E-state index in [-0.39, 0.29) is 5.92 Å². The molecule has 1 aliphatic rings. The summed E-state index contributed by atoms with van der Waals surface area (Å²) in [5.74, 6) is 1.61. The van der Waals surface area contributed by atoms with Crippen LogP contribution >= 0.6 is 0 Å². The summed E-state index contributed by atoms with van der Waals surface area (Å²) in [6.45, 7) is 9.67. The van der Waals surface area contributed by atoms with Crippen LogP contribution in [0.2, 0.25) is 0 Å². The zero-order valence-corrected chi connectivity index (χ0v) is 11.0. The number of β-amino-alcohol motifs (C(OH)–C–C–N with tert-alkyl or cyclic N) is 1. The van der Waals surface area contributed by atoms with Gasteiger partial charge < -0.3 is 10.0 Å². The van der Waals surface area contributed by atoms with Crippen LogP contribution in [0.5, 0.6) is 0 Å². The number of aliphatic hydroxyl groups is 1. The maximum atomic E-state index is 10.2. The minimum atomic E-state index is -0.553. The van der Waals surface area contributed by atoms with Gasteiger partial charge in [-0.1, -0.05) is 27.7 Å². The van der Waals surface area contributed by atoms with Crippen LogP contribution in [0.3, 0.4) is 0 Å². The Morgan fingerprint density at radius 3 is 2.41 bits per heavy atom. The lowest BCUT2D eigenvalue weighted by molar-refractivity contribution is -0.0304. The van der Waals surface area contributed by atoms with Crippen molar-refractivity contribution >= 4 is 5.82 Å². The zero-order valence-electron chi connectivity index (χ0n) is 11.0. The van der Waals surface area contributed by atoms with Gasteiger partial charge in [0.1, 0.15) is 17.7 Å². The summed E-state index contributed by atoms with van der Waals surface area (Å²) in [6.07, 6.45) is 1.61. The number of hydrogen-bond donors (Lipinski definition) is 1. The van der Waals surface area contributed by atoms with Crippen molar-refractivity contribution in [3.63, 3.8) is 0 Å². The van der Waals surface area contributed by atoms with E-state index in [1.807, 2.05) is 6.07 Å². The number of anilines is 1. The van der Waals surface area contributed by atoms with Crippen LogP contribution < -0.4 is 4.90 Å². The van der Waals surface area contributed by atoms with Gasteiger partial charge in [0.15, 0.2) is 0 Å². The second-order valence-corrected chi connectivity index (χ2v) is 5.57. The lowest BCUT2D eigenvalue weighted by Crippen LogP contribution is -2.65. The molecule has 0 aliphatic carbocycles.